The molecule has 0 atom stereocenters. The molecule has 244 valence electrons. The molecule has 0 aliphatic rings. The number of hydrogen-bond acceptors (Lipinski definition) is 4. The molecule has 0 heterocycles. The number of rotatable bonds is 13. The van der Waals surface area contributed by atoms with Gasteiger partial charge in [0.25, 0.3) is 0 Å². The molecule has 0 radical (unpaired) electrons. The first-order valence-corrected chi connectivity index (χ1v) is 16.6. The van der Waals surface area contributed by atoms with E-state index < -0.39 is 0 Å². The summed E-state index contributed by atoms with van der Waals surface area (Å²) in [4.78, 5) is 36.1. The molecule has 2 aromatic rings. The van der Waals surface area contributed by atoms with Gasteiger partial charge in [-0.25, -0.2) is 0 Å². The van der Waals surface area contributed by atoms with Gasteiger partial charge in [0.1, 0.15) is 0 Å². The first kappa shape index (κ1) is 42.5. The number of carbonyl (C=O) groups excluding carboxylic acids is 3. The smallest absolute Gasteiger partial charge is 0.159 e. The summed E-state index contributed by atoms with van der Waals surface area (Å²) in [5.74, 6) is -0.457. The van der Waals surface area contributed by atoms with Gasteiger partial charge in [0.15, 0.2) is 17.3 Å². The predicted molar refractivity (Wildman–Crippen MR) is 188 cm³/mol. The van der Waals surface area contributed by atoms with Gasteiger partial charge < -0.3 is 4.90 Å². The second-order valence-corrected chi connectivity index (χ2v) is 11.9. The van der Waals surface area contributed by atoms with E-state index in [0.29, 0.717) is 22.1 Å². The molecule has 0 aliphatic heterocycles. The van der Waals surface area contributed by atoms with Crippen molar-refractivity contribution in [3.05, 3.63) is 69.8 Å². The normalized spacial score (nSPS) is 10.5. The summed E-state index contributed by atoms with van der Waals surface area (Å²) in [6.45, 7) is 30.4. The number of carbonyl (C=O) groups is 3. The largest absolute Gasteiger partial charge is 0.303 e. The maximum atomic E-state index is 11.2. The highest BCUT2D eigenvalue weighted by Gasteiger charge is 2.20. The molecular weight excluding hydrogens is 530 g/mol. The summed E-state index contributed by atoms with van der Waals surface area (Å²) in [5, 5.41) is 0. The monoisotopic (exact) mass is 595 g/mol. The summed E-state index contributed by atoms with van der Waals surface area (Å²) in [7, 11) is 0. The molecule has 4 heteroatoms. The van der Waals surface area contributed by atoms with Crippen LogP contribution in [0.2, 0.25) is 0 Å². The van der Waals surface area contributed by atoms with Crippen molar-refractivity contribution in [1.29, 1.82) is 0 Å². The second-order valence-electron chi connectivity index (χ2n) is 11.9. The number of nitrogens with zero attached hydrogens (tertiary/aromatic N) is 1. The van der Waals surface area contributed by atoms with E-state index in [9.17, 15) is 14.4 Å². The first-order chi connectivity index (χ1) is 20.2. The Balaban J connectivity index is 0. The standard InChI is InChI=1S/C12H12O3.C9H21N.C9H12.C9H20/c1-7(13)10-4-11(8(2)14)6-12(5-10)9(3)15;1-4-7-10(8-5-2)9-6-3;1-7-4-8(2)6-9(3)5-7;1-5-9(6-2,7-3)8-4/h4-6H,1-3H3;4-9H2,1-3H3;4-6H,1-3H3;5-8H2,1-4H3. The van der Waals surface area contributed by atoms with Crippen LogP contribution >= 0.6 is 0 Å². The van der Waals surface area contributed by atoms with Crippen LogP contribution in [0.4, 0.5) is 0 Å². The Morgan fingerprint density at radius 1 is 0.488 bits per heavy atom. The van der Waals surface area contributed by atoms with E-state index in [1.165, 1.54) is 120 Å². The number of Topliss-reactive ketones (excluding diaryl/α,β-unsaturated/α-hetero) is 3. The molecule has 43 heavy (non-hydrogen) atoms. The number of benzene rings is 2. The van der Waals surface area contributed by atoms with Gasteiger partial charge in [-0.2, -0.15) is 0 Å². The average Bonchev–Trinajstić information content (AvgIpc) is 2.95. The van der Waals surface area contributed by atoms with Crippen molar-refractivity contribution in [2.45, 2.75) is 135 Å². The fraction of sp³-hybridized carbons (Fsp3) is 0.615. The maximum Gasteiger partial charge on any atom is 0.159 e. The van der Waals surface area contributed by atoms with E-state index >= 15 is 0 Å². The molecule has 0 fully saturated rings. The highest BCUT2D eigenvalue weighted by molar-refractivity contribution is 6.04. The van der Waals surface area contributed by atoms with Crippen LogP contribution in [0.25, 0.3) is 0 Å². The summed E-state index contributed by atoms with van der Waals surface area (Å²) >= 11 is 0. The Labute approximate surface area is 266 Å². The van der Waals surface area contributed by atoms with E-state index in [-0.39, 0.29) is 17.3 Å². The van der Waals surface area contributed by atoms with Crippen LogP contribution in [0.15, 0.2) is 36.4 Å². The number of hydrogen-bond donors (Lipinski definition) is 0. The van der Waals surface area contributed by atoms with Crippen LogP contribution in [0.1, 0.15) is 162 Å². The first-order valence-electron chi connectivity index (χ1n) is 16.6. The average molecular weight is 596 g/mol. The lowest BCUT2D eigenvalue weighted by Gasteiger charge is -2.28. The molecule has 0 aliphatic carbocycles. The molecule has 2 aromatic carbocycles. The third-order valence-electron chi connectivity index (χ3n) is 8.14. The van der Waals surface area contributed by atoms with Gasteiger partial charge in [-0.15, -0.1) is 0 Å². The SMILES string of the molecule is CC(=O)c1cc(C(C)=O)cc(C(C)=O)c1.CCC(CC)(CC)CC.CCCN(CCC)CCC.Cc1cc(C)cc(C)c1. The summed E-state index contributed by atoms with van der Waals surface area (Å²) in [6, 6.07) is 11.1. The quantitative estimate of drug-likeness (QED) is 0.216. The zero-order valence-corrected chi connectivity index (χ0v) is 30.2. The van der Waals surface area contributed by atoms with E-state index in [4.69, 9.17) is 0 Å². The Kier molecular flexibility index (Phi) is 23.6. The molecule has 4 nitrogen and oxygen atoms in total. The highest BCUT2D eigenvalue weighted by atomic mass is 16.1. The van der Waals surface area contributed by atoms with Crippen LogP contribution in [0.5, 0.6) is 0 Å². The van der Waals surface area contributed by atoms with Gasteiger partial charge in [-0.1, -0.05) is 109 Å². The summed E-state index contributed by atoms with van der Waals surface area (Å²) in [5.41, 5.74) is 5.92. The Morgan fingerprint density at radius 2 is 0.721 bits per heavy atom. The van der Waals surface area contributed by atoms with Crippen molar-refractivity contribution in [3.8, 4) is 0 Å². The van der Waals surface area contributed by atoms with Crippen molar-refractivity contribution < 1.29 is 14.4 Å². The van der Waals surface area contributed by atoms with E-state index in [0.717, 1.165) is 0 Å². The van der Waals surface area contributed by atoms with Crippen molar-refractivity contribution in [3.63, 3.8) is 0 Å². The van der Waals surface area contributed by atoms with Gasteiger partial charge in [0, 0.05) is 16.7 Å². The van der Waals surface area contributed by atoms with Crippen molar-refractivity contribution >= 4 is 17.3 Å². The zero-order valence-electron chi connectivity index (χ0n) is 30.2. The van der Waals surface area contributed by atoms with E-state index in [1.807, 2.05) is 0 Å². The van der Waals surface area contributed by atoms with E-state index in [2.05, 4.69) is 92.3 Å². The minimum Gasteiger partial charge on any atom is -0.303 e. The van der Waals surface area contributed by atoms with Crippen LogP contribution in [-0.2, 0) is 0 Å². The predicted octanol–water partition coefficient (Wildman–Crippen LogP) is 11.0. The number of aryl methyl sites for hydroxylation is 3. The molecule has 0 saturated carbocycles. The van der Waals surface area contributed by atoms with Gasteiger partial charge in [0.05, 0.1) is 0 Å². The second kappa shape index (κ2) is 23.8. The fourth-order valence-electron chi connectivity index (χ4n) is 5.22. The Bertz CT molecular complexity index is 921. The van der Waals surface area contributed by atoms with Crippen molar-refractivity contribution in [2.24, 2.45) is 5.41 Å². The van der Waals surface area contributed by atoms with Gasteiger partial charge in [-0.3, -0.25) is 14.4 Å². The van der Waals surface area contributed by atoms with Gasteiger partial charge in [-0.05, 0) is 104 Å². The molecule has 0 saturated heterocycles. The molecule has 0 aromatic heterocycles. The lowest BCUT2D eigenvalue weighted by molar-refractivity contribution is 0.101. The van der Waals surface area contributed by atoms with Gasteiger partial charge in [0.2, 0.25) is 0 Å². The fourth-order valence-corrected chi connectivity index (χ4v) is 5.22. The lowest BCUT2D eigenvalue weighted by Crippen LogP contribution is -2.25. The number of ketones is 3. The van der Waals surface area contributed by atoms with Crippen LogP contribution in [0, 0.1) is 26.2 Å². The summed E-state index contributed by atoms with van der Waals surface area (Å²) < 4.78 is 0. The minimum absolute atomic E-state index is 0.152. The zero-order chi connectivity index (χ0) is 33.6. The molecule has 0 spiro atoms. The third-order valence-corrected chi connectivity index (χ3v) is 8.14. The molecular formula is C39H65NO3. The minimum atomic E-state index is -0.152. The molecule has 2 rings (SSSR count). The lowest BCUT2D eigenvalue weighted by atomic mass is 9.78. The Hall–Kier alpha value is -2.59. The Morgan fingerprint density at radius 3 is 0.860 bits per heavy atom. The van der Waals surface area contributed by atoms with Crippen molar-refractivity contribution in [2.75, 3.05) is 19.6 Å². The third kappa shape index (κ3) is 18.6. The highest BCUT2D eigenvalue weighted by Crippen LogP contribution is 2.33. The molecule has 0 unspecified atom stereocenters. The van der Waals surface area contributed by atoms with Crippen LogP contribution in [0.3, 0.4) is 0 Å². The van der Waals surface area contributed by atoms with Gasteiger partial charge >= 0.3 is 0 Å². The van der Waals surface area contributed by atoms with E-state index in [1.54, 1.807) is 0 Å². The molecule has 0 bridgehead atoms. The molecule has 0 amide bonds. The maximum absolute atomic E-state index is 11.2. The molecule has 0 N–H and O–H groups in total. The topological polar surface area (TPSA) is 54.5 Å². The summed E-state index contributed by atoms with van der Waals surface area (Å²) in [6.07, 6.45) is 9.25. The van der Waals surface area contributed by atoms with Crippen molar-refractivity contribution in [1.82, 2.24) is 4.90 Å². The van der Waals surface area contributed by atoms with Crippen LogP contribution in [-0.4, -0.2) is 41.9 Å². The van der Waals surface area contributed by atoms with Crippen LogP contribution < -0.4 is 0 Å².